The van der Waals surface area contributed by atoms with Crippen molar-refractivity contribution in [1.29, 1.82) is 0 Å². The molecule has 5 nitrogen and oxygen atoms in total. The Labute approximate surface area is 163 Å². The van der Waals surface area contributed by atoms with Crippen LogP contribution in [0.5, 0.6) is 5.75 Å². The Hall–Kier alpha value is -2.20. The molecule has 2 heterocycles. The van der Waals surface area contributed by atoms with Crippen LogP contribution in [0.2, 0.25) is 0 Å². The summed E-state index contributed by atoms with van der Waals surface area (Å²) in [5.41, 5.74) is 0.941. The molecule has 2 aromatic rings. The molecule has 1 aliphatic rings. The molecule has 0 saturated carbocycles. The predicted octanol–water partition coefficient (Wildman–Crippen LogP) is 4.17. The molecule has 28 heavy (non-hydrogen) atoms. The molecule has 1 saturated heterocycles. The van der Waals surface area contributed by atoms with Gasteiger partial charge in [-0.3, -0.25) is 9.69 Å². The number of hydrogen-bond donors (Lipinski definition) is 1. The molecule has 0 aliphatic carbocycles. The summed E-state index contributed by atoms with van der Waals surface area (Å²) in [7, 11) is 1.47. The van der Waals surface area contributed by atoms with Crippen LogP contribution >= 0.6 is 11.3 Å². The van der Waals surface area contributed by atoms with E-state index in [2.05, 4.69) is 10.3 Å². The van der Waals surface area contributed by atoms with Crippen molar-refractivity contribution in [3.05, 3.63) is 29.4 Å². The second-order valence-electron chi connectivity index (χ2n) is 6.54. The monoisotopic (exact) mass is 417 g/mol. The molecule has 1 amide bonds. The topological polar surface area (TPSA) is 54.5 Å². The zero-order valence-corrected chi connectivity index (χ0v) is 15.9. The molecule has 10 heteroatoms. The molecule has 152 valence electrons. The average Bonchev–Trinajstić information content (AvgIpc) is 3.09. The molecule has 1 aromatic heterocycles. The second-order valence-corrected chi connectivity index (χ2v) is 7.40. The molecule has 0 atom stereocenters. The number of alkyl halides is 3. The molecule has 1 fully saturated rings. The van der Waals surface area contributed by atoms with E-state index in [0.717, 1.165) is 0 Å². The van der Waals surface area contributed by atoms with Crippen LogP contribution in [-0.4, -0.2) is 48.7 Å². The third-order valence-corrected chi connectivity index (χ3v) is 5.29. The Morgan fingerprint density at radius 1 is 1.36 bits per heavy atom. The van der Waals surface area contributed by atoms with Gasteiger partial charge in [0.25, 0.3) is 0 Å². The van der Waals surface area contributed by atoms with Crippen LogP contribution in [0.1, 0.15) is 12.8 Å². The number of ether oxygens (including phenoxy) is 1. The third kappa shape index (κ3) is 5.20. The number of likely N-dealkylation sites (tertiary alicyclic amines) is 1. The van der Waals surface area contributed by atoms with Gasteiger partial charge in [0.15, 0.2) is 5.13 Å². The number of thiazole rings is 1. The van der Waals surface area contributed by atoms with Crippen LogP contribution < -0.4 is 10.1 Å². The van der Waals surface area contributed by atoms with Gasteiger partial charge in [-0.15, -0.1) is 11.3 Å². The highest BCUT2D eigenvalue weighted by molar-refractivity contribution is 7.14. The zero-order valence-electron chi connectivity index (χ0n) is 15.1. The maximum absolute atomic E-state index is 13.5. The van der Waals surface area contributed by atoms with E-state index >= 15 is 0 Å². The highest BCUT2D eigenvalue weighted by Crippen LogP contribution is 2.33. The molecule has 0 radical (unpaired) electrons. The Balaban J connectivity index is 1.60. The van der Waals surface area contributed by atoms with Crippen LogP contribution in [-0.2, 0) is 4.79 Å². The number of nitrogens with one attached hydrogen (secondary N) is 1. The van der Waals surface area contributed by atoms with Crippen molar-refractivity contribution in [3.8, 4) is 17.0 Å². The van der Waals surface area contributed by atoms with Gasteiger partial charge in [-0.1, -0.05) is 0 Å². The number of piperidine rings is 1. The summed E-state index contributed by atoms with van der Waals surface area (Å²) in [4.78, 5) is 18.0. The smallest absolute Gasteiger partial charge is 0.401 e. The minimum absolute atomic E-state index is 0.223. The number of hydrogen-bond acceptors (Lipinski definition) is 5. The standard InChI is InChI=1S/C18H19F4N3O2S/c1-27-15-3-2-12(19)8-13(15)14-9-28-17(23-14)24-16(26)11-4-6-25(7-5-11)10-18(20,21)22/h2-3,8-9,11H,4-7,10H2,1H3,(H,23,24,26). The van der Waals surface area contributed by atoms with Gasteiger partial charge < -0.3 is 10.1 Å². The van der Waals surface area contributed by atoms with Crippen molar-refractivity contribution < 1.29 is 27.1 Å². The molecule has 1 aliphatic heterocycles. The Kier molecular flexibility index (Phi) is 6.19. The van der Waals surface area contributed by atoms with E-state index < -0.39 is 18.5 Å². The number of carbonyl (C=O) groups is 1. The molecular weight excluding hydrogens is 398 g/mol. The van der Waals surface area contributed by atoms with E-state index in [1.807, 2.05) is 0 Å². The van der Waals surface area contributed by atoms with Crippen molar-refractivity contribution in [1.82, 2.24) is 9.88 Å². The Morgan fingerprint density at radius 2 is 2.07 bits per heavy atom. The third-order valence-electron chi connectivity index (χ3n) is 4.53. The second kappa shape index (κ2) is 8.44. The Morgan fingerprint density at radius 3 is 2.71 bits per heavy atom. The lowest BCUT2D eigenvalue weighted by Crippen LogP contribution is -2.42. The van der Waals surface area contributed by atoms with Crippen LogP contribution in [0.4, 0.5) is 22.7 Å². The van der Waals surface area contributed by atoms with Gasteiger partial charge in [0.05, 0.1) is 19.3 Å². The summed E-state index contributed by atoms with van der Waals surface area (Å²) in [5.74, 6) is -0.596. The maximum atomic E-state index is 13.5. The van der Waals surface area contributed by atoms with Crippen LogP contribution in [0.3, 0.4) is 0 Å². The minimum atomic E-state index is -4.23. The number of rotatable bonds is 5. The summed E-state index contributed by atoms with van der Waals surface area (Å²) in [6.07, 6.45) is -3.51. The summed E-state index contributed by atoms with van der Waals surface area (Å²) < 4.78 is 56.1. The van der Waals surface area contributed by atoms with Crippen molar-refractivity contribution in [2.24, 2.45) is 5.92 Å². The summed E-state index contributed by atoms with van der Waals surface area (Å²) in [5, 5.41) is 4.74. The maximum Gasteiger partial charge on any atom is 0.401 e. The lowest BCUT2D eigenvalue weighted by molar-refractivity contribution is -0.149. The lowest BCUT2D eigenvalue weighted by Gasteiger charge is -2.31. The van der Waals surface area contributed by atoms with Gasteiger partial charge in [-0.25, -0.2) is 9.37 Å². The van der Waals surface area contributed by atoms with Crippen LogP contribution in [0.25, 0.3) is 11.3 Å². The number of anilines is 1. The van der Waals surface area contributed by atoms with E-state index in [0.29, 0.717) is 35.0 Å². The largest absolute Gasteiger partial charge is 0.496 e. The number of aromatic nitrogens is 1. The number of amides is 1. The van der Waals surface area contributed by atoms with Crippen molar-refractivity contribution in [2.45, 2.75) is 19.0 Å². The fourth-order valence-electron chi connectivity index (χ4n) is 3.15. The fourth-order valence-corrected chi connectivity index (χ4v) is 3.86. The zero-order chi connectivity index (χ0) is 20.3. The van der Waals surface area contributed by atoms with Gasteiger partial charge in [-0.05, 0) is 44.1 Å². The number of benzene rings is 1. The van der Waals surface area contributed by atoms with E-state index in [4.69, 9.17) is 4.74 Å². The molecule has 0 spiro atoms. The molecule has 1 N–H and O–H groups in total. The first-order valence-electron chi connectivity index (χ1n) is 8.64. The molecule has 1 aromatic carbocycles. The molecule has 0 unspecified atom stereocenters. The van der Waals surface area contributed by atoms with Gasteiger partial charge in [0, 0.05) is 16.9 Å². The fraction of sp³-hybridized carbons (Fsp3) is 0.444. The van der Waals surface area contributed by atoms with E-state index in [1.165, 1.54) is 41.5 Å². The minimum Gasteiger partial charge on any atom is -0.496 e. The molecular formula is C18H19F4N3O2S. The summed E-state index contributed by atoms with van der Waals surface area (Å²) in [6, 6.07) is 4.08. The van der Waals surface area contributed by atoms with E-state index in [-0.39, 0.29) is 24.9 Å². The van der Waals surface area contributed by atoms with Gasteiger partial charge in [-0.2, -0.15) is 13.2 Å². The van der Waals surface area contributed by atoms with E-state index in [9.17, 15) is 22.4 Å². The lowest BCUT2D eigenvalue weighted by atomic mass is 9.96. The quantitative estimate of drug-likeness (QED) is 0.742. The van der Waals surface area contributed by atoms with Gasteiger partial charge in [0.1, 0.15) is 11.6 Å². The number of methoxy groups -OCH3 is 1. The van der Waals surface area contributed by atoms with Crippen LogP contribution in [0.15, 0.2) is 23.6 Å². The summed E-state index contributed by atoms with van der Waals surface area (Å²) in [6.45, 7) is -0.505. The van der Waals surface area contributed by atoms with Crippen molar-refractivity contribution in [2.75, 3.05) is 32.1 Å². The first kappa shape index (κ1) is 20.5. The van der Waals surface area contributed by atoms with Crippen molar-refractivity contribution in [3.63, 3.8) is 0 Å². The van der Waals surface area contributed by atoms with E-state index in [1.54, 1.807) is 5.38 Å². The van der Waals surface area contributed by atoms with Crippen molar-refractivity contribution >= 4 is 22.4 Å². The highest BCUT2D eigenvalue weighted by atomic mass is 32.1. The summed E-state index contributed by atoms with van der Waals surface area (Å²) >= 11 is 1.19. The first-order chi connectivity index (χ1) is 13.2. The Bertz CT molecular complexity index is 832. The highest BCUT2D eigenvalue weighted by Gasteiger charge is 2.34. The van der Waals surface area contributed by atoms with Gasteiger partial charge >= 0.3 is 6.18 Å². The SMILES string of the molecule is COc1ccc(F)cc1-c1csc(NC(=O)C2CCN(CC(F)(F)F)CC2)n1. The number of nitrogens with zero attached hydrogens (tertiary/aromatic N) is 2. The average molecular weight is 417 g/mol. The van der Waals surface area contributed by atoms with Gasteiger partial charge in [0.2, 0.25) is 5.91 Å². The number of halogens is 4. The normalized spacial score (nSPS) is 16.2. The first-order valence-corrected chi connectivity index (χ1v) is 9.52. The molecule has 0 bridgehead atoms. The molecule has 3 rings (SSSR count). The van der Waals surface area contributed by atoms with Crippen LogP contribution in [0, 0.1) is 11.7 Å². The predicted molar refractivity (Wildman–Crippen MR) is 97.9 cm³/mol. The number of carbonyl (C=O) groups excluding carboxylic acids is 1.